The van der Waals surface area contributed by atoms with Gasteiger partial charge in [0.25, 0.3) is 0 Å². The van der Waals surface area contributed by atoms with Crippen molar-refractivity contribution in [3.05, 3.63) is 64.4 Å². The lowest BCUT2D eigenvalue weighted by Gasteiger charge is -2.27. The summed E-state index contributed by atoms with van der Waals surface area (Å²) in [5, 5.41) is 0.233. The van der Waals surface area contributed by atoms with Crippen molar-refractivity contribution in [2.45, 2.75) is 51.1 Å². The lowest BCUT2D eigenvalue weighted by atomic mass is 9.96. The number of cyclic esters (lactones) is 1. The summed E-state index contributed by atoms with van der Waals surface area (Å²) in [6.07, 6.45) is -5.71. The third-order valence-corrected chi connectivity index (χ3v) is 4.72. The number of imide groups is 1. The molecular weight excluding hydrogens is 437 g/mol. The molecule has 0 aliphatic carbocycles. The number of rotatable bonds is 3. The SMILES string of the molecule is CC(C)(C)OC(=O)N1C(=O)OC(c2ccc(Cl)nc2)C1Cc1ccc(C(F)(F)F)cc1. The molecule has 2 atom stereocenters. The Bertz CT molecular complexity index is 957. The summed E-state index contributed by atoms with van der Waals surface area (Å²) in [7, 11) is 0. The molecule has 10 heteroatoms. The maximum Gasteiger partial charge on any atom is 0.420 e. The van der Waals surface area contributed by atoms with Gasteiger partial charge in [-0.2, -0.15) is 13.2 Å². The van der Waals surface area contributed by atoms with E-state index in [1.165, 1.54) is 24.4 Å². The molecule has 1 aromatic heterocycles. The van der Waals surface area contributed by atoms with Crippen LogP contribution in [0, 0.1) is 0 Å². The van der Waals surface area contributed by atoms with Gasteiger partial charge in [0.2, 0.25) is 0 Å². The quantitative estimate of drug-likeness (QED) is 0.546. The fourth-order valence-corrected chi connectivity index (χ4v) is 3.26. The Kier molecular flexibility index (Phi) is 6.18. The van der Waals surface area contributed by atoms with Gasteiger partial charge in [-0.3, -0.25) is 0 Å². The van der Waals surface area contributed by atoms with E-state index in [0.717, 1.165) is 17.0 Å². The molecule has 31 heavy (non-hydrogen) atoms. The fraction of sp³-hybridized carbons (Fsp3) is 0.381. The molecule has 2 aromatic rings. The number of carbonyl (C=O) groups excluding carboxylic acids is 2. The predicted molar refractivity (Wildman–Crippen MR) is 105 cm³/mol. The van der Waals surface area contributed by atoms with Crippen LogP contribution < -0.4 is 0 Å². The van der Waals surface area contributed by atoms with Crippen molar-refractivity contribution in [1.82, 2.24) is 9.88 Å². The Morgan fingerprint density at radius 1 is 1.16 bits per heavy atom. The summed E-state index contributed by atoms with van der Waals surface area (Å²) in [6, 6.07) is 6.75. The lowest BCUT2D eigenvalue weighted by molar-refractivity contribution is -0.137. The third-order valence-electron chi connectivity index (χ3n) is 4.50. The molecule has 6 nitrogen and oxygen atoms in total. The van der Waals surface area contributed by atoms with Crippen LogP contribution in [0.25, 0.3) is 0 Å². The molecule has 0 saturated carbocycles. The van der Waals surface area contributed by atoms with E-state index in [1.54, 1.807) is 26.8 Å². The zero-order chi connectivity index (χ0) is 23.0. The molecule has 0 radical (unpaired) electrons. The molecule has 1 aliphatic rings. The predicted octanol–water partition coefficient (Wildman–Crippen LogP) is 5.79. The van der Waals surface area contributed by atoms with Crippen LogP contribution in [0.1, 0.15) is 43.6 Å². The van der Waals surface area contributed by atoms with Gasteiger partial charge < -0.3 is 9.47 Å². The molecule has 2 amide bonds. The van der Waals surface area contributed by atoms with Crippen molar-refractivity contribution in [2.24, 2.45) is 0 Å². The van der Waals surface area contributed by atoms with Gasteiger partial charge in [-0.25, -0.2) is 19.5 Å². The zero-order valence-corrected chi connectivity index (χ0v) is 17.7. The molecular formula is C21H20ClF3N2O4. The smallest absolute Gasteiger partial charge is 0.420 e. The topological polar surface area (TPSA) is 68.7 Å². The highest BCUT2D eigenvalue weighted by Gasteiger charge is 2.48. The van der Waals surface area contributed by atoms with Gasteiger partial charge in [-0.1, -0.05) is 29.8 Å². The molecule has 0 N–H and O–H groups in total. The number of nitrogens with zero attached hydrogens (tertiary/aromatic N) is 2. The minimum absolute atomic E-state index is 0.0520. The van der Waals surface area contributed by atoms with Crippen molar-refractivity contribution in [1.29, 1.82) is 0 Å². The number of hydrogen-bond donors (Lipinski definition) is 0. The number of alkyl halides is 3. The van der Waals surface area contributed by atoms with Gasteiger partial charge in [0, 0.05) is 11.8 Å². The summed E-state index contributed by atoms with van der Waals surface area (Å²) in [4.78, 5) is 30.1. The number of aromatic nitrogens is 1. The van der Waals surface area contributed by atoms with Crippen LogP contribution in [0.3, 0.4) is 0 Å². The van der Waals surface area contributed by atoms with Crippen LogP contribution >= 0.6 is 11.6 Å². The summed E-state index contributed by atoms with van der Waals surface area (Å²) >= 11 is 5.82. The highest BCUT2D eigenvalue weighted by molar-refractivity contribution is 6.29. The first-order valence-electron chi connectivity index (χ1n) is 9.35. The summed E-state index contributed by atoms with van der Waals surface area (Å²) in [6.45, 7) is 4.95. The number of ether oxygens (including phenoxy) is 2. The standard InChI is InChI=1S/C21H20ClF3N2O4/c1-20(2,3)31-19(29)27-15(10-12-4-7-14(8-5-12)21(23,24)25)17(30-18(27)28)13-6-9-16(22)26-11-13/h4-9,11,15,17H,10H2,1-3H3. The van der Waals surface area contributed by atoms with E-state index >= 15 is 0 Å². The van der Waals surface area contributed by atoms with E-state index in [1.807, 2.05) is 0 Å². The number of halogens is 4. The average molecular weight is 457 g/mol. The Morgan fingerprint density at radius 3 is 2.32 bits per heavy atom. The monoisotopic (exact) mass is 456 g/mol. The summed E-state index contributed by atoms with van der Waals surface area (Å²) in [5.41, 5.74) is -0.689. The molecule has 1 fully saturated rings. The Labute approximate surface area is 181 Å². The van der Waals surface area contributed by atoms with Crippen LogP contribution in [0.5, 0.6) is 0 Å². The zero-order valence-electron chi connectivity index (χ0n) is 16.9. The van der Waals surface area contributed by atoms with Crippen LogP contribution in [0.4, 0.5) is 22.8 Å². The van der Waals surface area contributed by atoms with Crippen molar-refractivity contribution >= 4 is 23.8 Å². The lowest BCUT2D eigenvalue weighted by Crippen LogP contribution is -2.43. The Morgan fingerprint density at radius 2 is 1.81 bits per heavy atom. The number of hydrogen-bond acceptors (Lipinski definition) is 5. The van der Waals surface area contributed by atoms with Crippen LogP contribution in [0.15, 0.2) is 42.6 Å². The van der Waals surface area contributed by atoms with Crippen LogP contribution in [-0.2, 0) is 22.1 Å². The second-order valence-electron chi connectivity index (χ2n) is 8.04. The first-order chi connectivity index (χ1) is 14.3. The summed E-state index contributed by atoms with van der Waals surface area (Å²) < 4.78 is 49.3. The molecule has 0 spiro atoms. The van der Waals surface area contributed by atoms with Gasteiger partial charge >= 0.3 is 18.4 Å². The van der Waals surface area contributed by atoms with E-state index in [4.69, 9.17) is 21.1 Å². The van der Waals surface area contributed by atoms with Gasteiger partial charge in [0.05, 0.1) is 11.6 Å². The van der Waals surface area contributed by atoms with E-state index in [2.05, 4.69) is 4.98 Å². The highest BCUT2D eigenvalue weighted by atomic mass is 35.5. The van der Waals surface area contributed by atoms with E-state index in [9.17, 15) is 22.8 Å². The number of benzene rings is 1. The van der Waals surface area contributed by atoms with Crippen molar-refractivity contribution in [3.8, 4) is 0 Å². The van der Waals surface area contributed by atoms with Gasteiger partial charge in [-0.05, 0) is 51.0 Å². The minimum Gasteiger partial charge on any atom is -0.443 e. The molecule has 166 valence electrons. The second-order valence-corrected chi connectivity index (χ2v) is 8.42. The van der Waals surface area contributed by atoms with E-state index in [-0.39, 0.29) is 11.6 Å². The average Bonchev–Trinajstić information content (AvgIpc) is 2.96. The maximum absolute atomic E-state index is 12.9. The second kappa shape index (κ2) is 8.37. The first kappa shape index (κ1) is 22.9. The number of pyridine rings is 1. The van der Waals surface area contributed by atoms with Crippen molar-refractivity contribution in [3.63, 3.8) is 0 Å². The normalized spacial score (nSPS) is 19.3. The molecule has 1 saturated heterocycles. The molecule has 1 aromatic carbocycles. The third kappa shape index (κ3) is 5.46. The highest BCUT2D eigenvalue weighted by Crippen LogP contribution is 2.36. The van der Waals surface area contributed by atoms with Crippen molar-refractivity contribution < 1.29 is 32.2 Å². The van der Waals surface area contributed by atoms with Crippen LogP contribution in [0.2, 0.25) is 5.15 Å². The largest absolute Gasteiger partial charge is 0.443 e. The molecule has 2 heterocycles. The van der Waals surface area contributed by atoms with Crippen LogP contribution in [-0.4, -0.2) is 33.7 Å². The first-order valence-corrected chi connectivity index (χ1v) is 9.73. The van der Waals surface area contributed by atoms with E-state index < -0.39 is 41.7 Å². The Hall–Kier alpha value is -2.81. The summed E-state index contributed by atoms with van der Waals surface area (Å²) in [5.74, 6) is 0. The number of carbonyl (C=O) groups is 2. The maximum atomic E-state index is 12.9. The van der Waals surface area contributed by atoms with Crippen molar-refractivity contribution in [2.75, 3.05) is 0 Å². The van der Waals surface area contributed by atoms with Gasteiger partial charge in [0.15, 0.2) is 6.10 Å². The van der Waals surface area contributed by atoms with Gasteiger partial charge in [0.1, 0.15) is 10.8 Å². The minimum atomic E-state index is -4.47. The molecule has 2 unspecified atom stereocenters. The Balaban J connectivity index is 1.94. The van der Waals surface area contributed by atoms with E-state index in [0.29, 0.717) is 11.1 Å². The van der Waals surface area contributed by atoms with Gasteiger partial charge in [-0.15, -0.1) is 0 Å². The fourth-order valence-electron chi connectivity index (χ4n) is 3.15. The molecule has 1 aliphatic heterocycles. The molecule has 0 bridgehead atoms. The molecule has 3 rings (SSSR count). The number of amides is 2.